The van der Waals surface area contributed by atoms with Crippen molar-refractivity contribution in [1.29, 1.82) is 0 Å². The molecule has 0 nitrogen and oxygen atoms in total. The lowest BCUT2D eigenvalue weighted by Crippen LogP contribution is -2.07. The predicted octanol–water partition coefficient (Wildman–Crippen LogP) is 3.00. The Morgan fingerprint density at radius 1 is 1.55 bits per heavy atom. The van der Waals surface area contributed by atoms with Crippen molar-refractivity contribution in [2.75, 3.05) is 0 Å². The van der Waals surface area contributed by atoms with Crippen LogP contribution in [0.5, 0.6) is 0 Å². The van der Waals surface area contributed by atoms with Crippen LogP contribution in [0.4, 0.5) is 0 Å². The smallest absolute Gasteiger partial charge is 0.0262 e. The van der Waals surface area contributed by atoms with Gasteiger partial charge in [-0.1, -0.05) is 18.9 Å². The summed E-state index contributed by atoms with van der Waals surface area (Å²) < 4.78 is 0. The third-order valence-corrected chi connectivity index (χ3v) is 2.60. The second-order valence-corrected chi connectivity index (χ2v) is 3.34. The molecule has 0 bridgehead atoms. The standard InChI is InChI=1S/C11H16/c1-3-7-10(4-2)11-8-5-6-9-11/h2-3,10-11H,1,5-9H2. The Morgan fingerprint density at radius 3 is 2.64 bits per heavy atom. The molecule has 0 radical (unpaired) electrons. The van der Waals surface area contributed by atoms with E-state index in [9.17, 15) is 0 Å². The van der Waals surface area contributed by atoms with Gasteiger partial charge >= 0.3 is 0 Å². The summed E-state index contributed by atoms with van der Waals surface area (Å²) in [5.74, 6) is 4.13. The van der Waals surface area contributed by atoms with Gasteiger partial charge in [0.15, 0.2) is 0 Å². The Bertz CT molecular complexity index is 155. The van der Waals surface area contributed by atoms with Gasteiger partial charge in [-0.05, 0) is 25.2 Å². The highest BCUT2D eigenvalue weighted by atomic mass is 14.3. The van der Waals surface area contributed by atoms with E-state index in [-0.39, 0.29) is 0 Å². The van der Waals surface area contributed by atoms with Gasteiger partial charge < -0.3 is 0 Å². The summed E-state index contributed by atoms with van der Waals surface area (Å²) >= 11 is 0. The molecular weight excluding hydrogens is 132 g/mol. The summed E-state index contributed by atoms with van der Waals surface area (Å²) in [5.41, 5.74) is 0. The minimum Gasteiger partial charge on any atom is -0.120 e. The Morgan fingerprint density at radius 2 is 2.18 bits per heavy atom. The molecule has 0 N–H and O–H groups in total. The Balaban J connectivity index is 2.41. The van der Waals surface area contributed by atoms with Gasteiger partial charge in [-0.25, -0.2) is 0 Å². The highest BCUT2D eigenvalue weighted by Crippen LogP contribution is 2.32. The molecule has 0 aromatic carbocycles. The lowest BCUT2D eigenvalue weighted by atomic mass is 9.89. The molecule has 0 saturated heterocycles. The number of terminal acetylenes is 1. The van der Waals surface area contributed by atoms with Gasteiger partial charge in [0, 0.05) is 5.92 Å². The molecule has 0 heteroatoms. The predicted molar refractivity (Wildman–Crippen MR) is 49.1 cm³/mol. The SMILES string of the molecule is C#CC(CC=C)C1CCCC1. The van der Waals surface area contributed by atoms with Crippen LogP contribution in [0.25, 0.3) is 0 Å². The van der Waals surface area contributed by atoms with Crippen LogP contribution in [-0.2, 0) is 0 Å². The van der Waals surface area contributed by atoms with Gasteiger partial charge in [-0.2, -0.15) is 0 Å². The lowest BCUT2D eigenvalue weighted by Gasteiger charge is -2.15. The topological polar surface area (TPSA) is 0 Å². The van der Waals surface area contributed by atoms with Gasteiger partial charge in [0.05, 0.1) is 0 Å². The molecule has 0 spiro atoms. The highest BCUT2D eigenvalue weighted by molar-refractivity contribution is 5.00. The summed E-state index contributed by atoms with van der Waals surface area (Å²) in [5, 5.41) is 0. The first kappa shape index (κ1) is 8.40. The van der Waals surface area contributed by atoms with E-state index in [0.717, 1.165) is 12.3 Å². The molecule has 11 heavy (non-hydrogen) atoms. The second-order valence-electron chi connectivity index (χ2n) is 3.34. The van der Waals surface area contributed by atoms with Gasteiger partial charge in [-0.15, -0.1) is 18.9 Å². The van der Waals surface area contributed by atoms with Crippen LogP contribution in [0.1, 0.15) is 32.1 Å². The molecule has 0 aromatic heterocycles. The number of rotatable bonds is 3. The molecule has 60 valence electrons. The summed E-state index contributed by atoms with van der Waals surface area (Å²) in [7, 11) is 0. The fraction of sp³-hybridized carbons (Fsp3) is 0.636. The van der Waals surface area contributed by atoms with E-state index in [1.165, 1.54) is 25.7 Å². The largest absolute Gasteiger partial charge is 0.120 e. The van der Waals surface area contributed by atoms with Crippen LogP contribution in [0.3, 0.4) is 0 Å². The Hall–Kier alpha value is -0.700. The van der Waals surface area contributed by atoms with Crippen LogP contribution in [-0.4, -0.2) is 0 Å². The zero-order valence-corrected chi connectivity index (χ0v) is 7.05. The maximum atomic E-state index is 5.44. The zero-order valence-electron chi connectivity index (χ0n) is 7.05. The monoisotopic (exact) mass is 148 g/mol. The number of hydrogen-bond donors (Lipinski definition) is 0. The molecule has 1 aliphatic rings. The lowest BCUT2D eigenvalue weighted by molar-refractivity contribution is 0.421. The third-order valence-electron chi connectivity index (χ3n) is 2.60. The maximum absolute atomic E-state index is 5.44. The molecule has 1 fully saturated rings. The van der Waals surface area contributed by atoms with Crippen LogP contribution >= 0.6 is 0 Å². The van der Waals surface area contributed by atoms with Crippen molar-refractivity contribution < 1.29 is 0 Å². The van der Waals surface area contributed by atoms with Gasteiger partial charge in [0.25, 0.3) is 0 Å². The van der Waals surface area contributed by atoms with E-state index in [0.29, 0.717) is 5.92 Å². The molecule has 0 aliphatic heterocycles. The van der Waals surface area contributed by atoms with Crippen molar-refractivity contribution in [1.82, 2.24) is 0 Å². The number of hydrogen-bond acceptors (Lipinski definition) is 0. The van der Waals surface area contributed by atoms with Crippen molar-refractivity contribution in [3.63, 3.8) is 0 Å². The quantitative estimate of drug-likeness (QED) is 0.426. The first-order valence-electron chi connectivity index (χ1n) is 4.45. The summed E-state index contributed by atoms with van der Waals surface area (Å²) in [6.07, 6.45) is 13.8. The van der Waals surface area contributed by atoms with Crippen molar-refractivity contribution in [3.8, 4) is 12.3 Å². The van der Waals surface area contributed by atoms with E-state index >= 15 is 0 Å². The van der Waals surface area contributed by atoms with E-state index in [1.54, 1.807) is 0 Å². The molecule has 1 saturated carbocycles. The van der Waals surface area contributed by atoms with Crippen molar-refractivity contribution >= 4 is 0 Å². The normalized spacial score (nSPS) is 21.0. The maximum Gasteiger partial charge on any atom is 0.0262 e. The fourth-order valence-corrected chi connectivity index (χ4v) is 1.94. The van der Waals surface area contributed by atoms with Gasteiger partial charge in [-0.3, -0.25) is 0 Å². The number of allylic oxidation sites excluding steroid dienone is 1. The zero-order chi connectivity index (χ0) is 8.10. The van der Waals surface area contributed by atoms with Gasteiger partial charge in [0.1, 0.15) is 0 Å². The molecular formula is C11H16. The highest BCUT2D eigenvalue weighted by Gasteiger charge is 2.21. The average molecular weight is 148 g/mol. The Labute approximate surface area is 69.7 Å². The minimum absolute atomic E-state index is 0.468. The molecule has 0 aromatic rings. The third kappa shape index (κ3) is 2.12. The molecule has 1 unspecified atom stereocenters. The van der Waals surface area contributed by atoms with E-state index < -0.39 is 0 Å². The second kappa shape index (κ2) is 4.23. The molecule has 1 aliphatic carbocycles. The van der Waals surface area contributed by atoms with Crippen LogP contribution in [0.15, 0.2) is 12.7 Å². The molecule has 1 rings (SSSR count). The Kier molecular flexibility index (Phi) is 3.23. The van der Waals surface area contributed by atoms with E-state index in [4.69, 9.17) is 6.42 Å². The first-order valence-corrected chi connectivity index (χ1v) is 4.45. The van der Waals surface area contributed by atoms with Crippen LogP contribution in [0, 0.1) is 24.2 Å². The molecule has 0 heterocycles. The van der Waals surface area contributed by atoms with Crippen molar-refractivity contribution in [3.05, 3.63) is 12.7 Å². The summed E-state index contributed by atoms with van der Waals surface area (Å²) in [4.78, 5) is 0. The van der Waals surface area contributed by atoms with Crippen LogP contribution in [0.2, 0.25) is 0 Å². The average Bonchev–Trinajstić information content (AvgIpc) is 2.52. The van der Waals surface area contributed by atoms with Gasteiger partial charge in [0.2, 0.25) is 0 Å². The molecule has 0 amide bonds. The summed E-state index contributed by atoms with van der Waals surface area (Å²) in [6.45, 7) is 3.72. The minimum atomic E-state index is 0.468. The first-order chi connectivity index (χ1) is 5.38. The van der Waals surface area contributed by atoms with E-state index in [2.05, 4.69) is 12.5 Å². The fourth-order valence-electron chi connectivity index (χ4n) is 1.94. The van der Waals surface area contributed by atoms with Crippen molar-refractivity contribution in [2.24, 2.45) is 11.8 Å². The van der Waals surface area contributed by atoms with Crippen LogP contribution < -0.4 is 0 Å². The molecule has 1 atom stereocenters. The van der Waals surface area contributed by atoms with E-state index in [1.807, 2.05) is 6.08 Å². The summed E-state index contributed by atoms with van der Waals surface area (Å²) in [6, 6.07) is 0. The van der Waals surface area contributed by atoms with Crippen molar-refractivity contribution in [2.45, 2.75) is 32.1 Å².